The second-order valence-corrected chi connectivity index (χ2v) is 4.91. The van der Waals surface area contributed by atoms with Gasteiger partial charge in [0.25, 0.3) is 0 Å². The summed E-state index contributed by atoms with van der Waals surface area (Å²) in [6, 6.07) is 4.85. The summed E-state index contributed by atoms with van der Waals surface area (Å²) < 4.78 is 0. The Labute approximate surface area is 115 Å². The van der Waals surface area contributed by atoms with Gasteiger partial charge in [-0.1, -0.05) is 23.2 Å². The Balaban J connectivity index is 1.94. The average Bonchev–Trinajstić information content (AvgIpc) is 2.70. The average molecular weight is 287 g/mol. The van der Waals surface area contributed by atoms with Gasteiger partial charge in [0, 0.05) is 18.7 Å². The van der Waals surface area contributed by atoms with Crippen LogP contribution >= 0.6 is 23.2 Å². The number of likely N-dealkylation sites (tertiary alicyclic amines) is 1. The smallest absolute Gasteiger partial charge is 0.243 e. The zero-order chi connectivity index (χ0) is 13.1. The number of amides is 2. The maximum absolute atomic E-state index is 11.7. The van der Waals surface area contributed by atoms with E-state index < -0.39 is 0 Å². The van der Waals surface area contributed by atoms with Gasteiger partial charge in [-0.2, -0.15) is 0 Å². The van der Waals surface area contributed by atoms with Crippen LogP contribution < -0.4 is 5.32 Å². The molecule has 1 aliphatic heterocycles. The maximum atomic E-state index is 11.7. The number of halogens is 2. The molecule has 2 amide bonds. The predicted octanol–water partition coefficient (Wildman–Crippen LogP) is 2.55. The summed E-state index contributed by atoms with van der Waals surface area (Å²) in [4.78, 5) is 24.6. The molecule has 0 radical (unpaired) electrons. The van der Waals surface area contributed by atoms with Gasteiger partial charge in [-0.15, -0.1) is 0 Å². The number of rotatable bonds is 3. The molecule has 0 atom stereocenters. The summed E-state index contributed by atoms with van der Waals surface area (Å²) in [6.07, 6.45) is 1.35. The summed E-state index contributed by atoms with van der Waals surface area (Å²) >= 11 is 11.6. The third kappa shape index (κ3) is 3.15. The van der Waals surface area contributed by atoms with Gasteiger partial charge in [0.05, 0.1) is 16.6 Å². The van der Waals surface area contributed by atoms with Gasteiger partial charge in [0.1, 0.15) is 0 Å². The zero-order valence-electron chi connectivity index (χ0n) is 9.58. The van der Waals surface area contributed by atoms with Crippen LogP contribution in [0.15, 0.2) is 18.2 Å². The van der Waals surface area contributed by atoms with Gasteiger partial charge in [0.2, 0.25) is 11.8 Å². The number of nitrogens with one attached hydrogen (secondary N) is 1. The number of hydrogen-bond donors (Lipinski definition) is 1. The number of anilines is 1. The lowest BCUT2D eigenvalue weighted by atomic mass is 10.3. The van der Waals surface area contributed by atoms with Crippen molar-refractivity contribution < 1.29 is 9.59 Å². The summed E-state index contributed by atoms with van der Waals surface area (Å²) in [7, 11) is 0. The van der Waals surface area contributed by atoms with Crippen molar-refractivity contribution in [3.8, 4) is 0 Å². The molecule has 1 fully saturated rings. The van der Waals surface area contributed by atoms with E-state index in [0.717, 1.165) is 6.42 Å². The van der Waals surface area contributed by atoms with Gasteiger partial charge < -0.3 is 10.2 Å². The lowest BCUT2D eigenvalue weighted by molar-refractivity contribution is -0.131. The van der Waals surface area contributed by atoms with Crippen LogP contribution in [0.2, 0.25) is 10.0 Å². The van der Waals surface area contributed by atoms with E-state index in [1.165, 1.54) is 0 Å². The van der Waals surface area contributed by atoms with Crippen LogP contribution in [0.1, 0.15) is 12.8 Å². The Hall–Kier alpha value is -1.26. The third-order valence-electron chi connectivity index (χ3n) is 2.71. The van der Waals surface area contributed by atoms with Crippen molar-refractivity contribution in [2.24, 2.45) is 0 Å². The number of carbonyl (C=O) groups excluding carboxylic acids is 2. The largest absolute Gasteiger partial charge is 0.333 e. The molecule has 18 heavy (non-hydrogen) atoms. The van der Waals surface area contributed by atoms with E-state index in [1.54, 1.807) is 23.1 Å². The maximum Gasteiger partial charge on any atom is 0.243 e. The first-order valence-electron chi connectivity index (χ1n) is 5.59. The van der Waals surface area contributed by atoms with Crippen molar-refractivity contribution in [1.29, 1.82) is 0 Å². The van der Waals surface area contributed by atoms with E-state index in [-0.39, 0.29) is 18.4 Å². The first-order valence-corrected chi connectivity index (χ1v) is 6.34. The SMILES string of the molecule is O=C(CN1CCCC1=O)Nc1ccc(Cl)c(Cl)c1. The first-order chi connectivity index (χ1) is 8.56. The Morgan fingerprint density at radius 3 is 2.72 bits per heavy atom. The number of benzene rings is 1. The second-order valence-electron chi connectivity index (χ2n) is 4.10. The standard InChI is InChI=1S/C12H12Cl2N2O2/c13-9-4-3-8(6-10(9)14)15-11(17)7-16-5-1-2-12(16)18/h3-4,6H,1-2,5,7H2,(H,15,17). The van der Waals surface area contributed by atoms with Crippen molar-refractivity contribution in [2.75, 3.05) is 18.4 Å². The minimum Gasteiger partial charge on any atom is -0.333 e. The molecular formula is C12H12Cl2N2O2. The Kier molecular flexibility index (Phi) is 4.09. The van der Waals surface area contributed by atoms with Crippen molar-refractivity contribution in [3.05, 3.63) is 28.2 Å². The van der Waals surface area contributed by atoms with Gasteiger partial charge >= 0.3 is 0 Å². The highest BCUT2D eigenvalue weighted by Gasteiger charge is 2.22. The number of hydrogen-bond acceptors (Lipinski definition) is 2. The summed E-state index contributed by atoms with van der Waals surface area (Å²) in [5.41, 5.74) is 0.570. The Morgan fingerprint density at radius 2 is 2.11 bits per heavy atom. The molecule has 96 valence electrons. The van der Waals surface area contributed by atoms with Crippen molar-refractivity contribution >= 4 is 40.7 Å². The van der Waals surface area contributed by atoms with Crippen LogP contribution in [0.25, 0.3) is 0 Å². The van der Waals surface area contributed by atoms with Gasteiger partial charge in [-0.25, -0.2) is 0 Å². The summed E-state index contributed by atoms with van der Waals surface area (Å²) in [5.74, 6) is -0.206. The molecule has 0 bridgehead atoms. The molecular weight excluding hydrogens is 275 g/mol. The quantitative estimate of drug-likeness (QED) is 0.928. The highest BCUT2D eigenvalue weighted by Crippen LogP contribution is 2.25. The number of nitrogens with zero attached hydrogens (tertiary/aromatic N) is 1. The topological polar surface area (TPSA) is 49.4 Å². The van der Waals surface area contributed by atoms with Crippen LogP contribution in [0.3, 0.4) is 0 Å². The molecule has 4 nitrogen and oxygen atoms in total. The fraction of sp³-hybridized carbons (Fsp3) is 0.333. The first kappa shape index (κ1) is 13.2. The van der Waals surface area contributed by atoms with Crippen molar-refractivity contribution in [1.82, 2.24) is 4.90 Å². The molecule has 6 heteroatoms. The molecule has 1 saturated heterocycles. The highest BCUT2D eigenvalue weighted by molar-refractivity contribution is 6.42. The van der Waals surface area contributed by atoms with E-state index in [4.69, 9.17) is 23.2 Å². The lowest BCUT2D eigenvalue weighted by Gasteiger charge is -2.15. The zero-order valence-corrected chi connectivity index (χ0v) is 11.1. The third-order valence-corrected chi connectivity index (χ3v) is 3.45. The molecule has 0 saturated carbocycles. The van der Waals surface area contributed by atoms with E-state index in [0.29, 0.717) is 28.7 Å². The van der Waals surface area contributed by atoms with Gasteiger partial charge in [-0.3, -0.25) is 9.59 Å². The summed E-state index contributed by atoms with van der Waals surface area (Å²) in [6.45, 7) is 0.729. The molecule has 1 aromatic rings. The molecule has 0 spiro atoms. The second kappa shape index (κ2) is 5.59. The minimum absolute atomic E-state index is 0.0271. The van der Waals surface area contributed by atoms with Crippen LogP contribution in [0, 0.1) is 0 Å². The Morgan fingerprint density at radius 1 is 1.33 bits per heavy atom. The number of carbonyl (C=O) groups is 2. The summed E-state index contributed by atoms with van der Waals surface area (Å²) in [5, 5.41) is 3.50. The Bertz CT molecular complexity index is 491. The lowest BCUT2D eigenvalue weighted by Crippen LogP contribution is -2.33. The van der Waals surface area contributed by atoms with Crippen LogP contribution in [-0.4, -0.2) is 29.8 Å². The molecule has 0 unspecified atom stereocenters. The monoisotopic (exact) mass is 286 g/mol. The molecule has 0 aromatic heterocycles. The van der Waals surface area contributed by atoms with Crippen molar-refractivity contribution in [2.45, 2.75) is 12.8 Å². The van der Waals surface area contributed by atoms with E-state index in [2.05, 4.69) is 5.32 Å². The van der Waals surface area contributed by atoms with Crippen molar-refractivity contribution in [3.63, 3.8) is 0 Å². The molecule has 2 rings (SSSR count). The van der Waals surface area contributed by atoms with Gasteiger partial charge in [0.15, 0.2) is 0 Å². The van der Waals surface area contributed by atoms with Crippen LogP contribution in [0.4, 0.5) is 5.69 Å². The molecule has 1 aromatic carbocycles. The molecule has 1 aliphatic rings. The van der Waals surface area contributed by atoms with Crippen LogP contribution in [-0.2, 0) is 9.59 Å². The molecule has 1 N–H and O–H groups in total. The fourth-order valence-corrected chi connectivity index (χ4v) is 2.12. The van der Waals surface area contributed by atoms with Gasteiger partial charge in [-0.05, 0) is 24.6 Å². The minimum atomic E-state index is -0.233. The molecule has 1 heterocycles. The normalized spacial score (nSPS) is 15.0. The molecule has 0 aliphatic carbocycles. The van der Waals surface area contributed by atoms with Crippen LogP contribution in [0.5, 0.6) is 0 Å². The van der Waals surface area contributed by atoms with E-state index in [1.807, 2.05) is 0 Å². The highest BCUT2D eigenvalue weighted by atomic mass is 35.5. The predicted molar refractivity (Wildman–Crippen MR) is 70.9 cm³/mol. The fourth-order valence-electron chi connectivity index (χ4n) is 1.82. The van der Waals surface area contributed by atoms with E-state index >= 15 is 0 Å². The van der Waals surface area contributed by atoms with E-state index in [9.17, 15) is 9.59 Å².